The Morgan fingerprint density at radius 3 is 1.26 bits per heavy atom. The highest BCUT2D eigenvalue weighted by Gasteiger charge is 2.53. The number of carbonyl (C=O) groups excluding carboxylic acids is 2. The minimum Gasteiger partial charge on any atom is -0.507 e. The molecule has 0 aromatic heterocycles. The van der Waals surface area contributed by atoms with Crippen LogP contribution in [0.4, 0.5) is 0 Å². The Kier molecular flexibility index (Phi) is 10.6. The normalized spacial score (nSPS) is 22.6. The third-order valence-corrected chi connectivity index (χ3v) is 11.8. The van der Waals surface area contributed by atoms with Crippen molar-refractivity contribution in [3.63, 3.8) is 0 Å². The fourth-order valence-electron chi connectivity index (χ4n) is 8.18. The summed E-state index contributed by atoms with van der Waals surface area (Å²) in [6.07, 6.45) is 2.39. The molecule has 7 nitrogen and oxygen atoms in total. The van der Waals surface area contributed by atoms with Gasteiger partial charge < -0.3 is 14.6 Å². The van der Waals surface area contributed by atoms with E-state index in [1.807, 2.05) is 19.1 Å². The minimum atomic E-state index is -1.55. The maximum atomic E-state index is 14.7. The van der Waals surface area contributed by atoms with Crippen molar-refractivity contribution in [2.45, 2.75) is 188 Å². The summed E-state index contributed by atoms with van der Waals surface area (Å²) >= 11 is 0. The van der Waals surface area contributed by atoms with Crippen LogP contribution in [0.25, 0.3) is 0 Å². The number of esters is 2. The van der Waals surface area contributed by atoms with Gasteiger partial charge in [-0.05, 0) is 110 Å². The average Bonchev–Trinajstić information content (AvgIpc) is 2.87. The molecule has 0 aliphatic carbocycles. The highest BCUT2D eigenvalue weighted by atomic mass is 16.6. The molecule has 2 fully saturated rings. The quantitative estimate of drug-likeness (QED) is 0.234. The maximum Gasteiger partial charge on any atom is 0.324 e. The molecular weight excluding hydrogens is 588 g/mol. The highest BCUT2D eigenvalue weighted by Crippen LogP contribution is 2.45. The van der Waals surface area contributed by atoms with Crippen LogP contribution in [-0.2, 0) is 36.3 Å². The molecule has 0 atom stereocenters. The van der Waals surface area contributed by atoms with Crippen LogP contribution < -0.4 is 0 Å². The summed E-state index contributed by atoms with van der Waals surface area (Å²) in [7, 11) is 4.25. The first kappa shape index (κ1) is 39.3. The zero-order valence-corrected chi connectivity index (χ0v) is 33.0. The molecule has 0 radical (unpaired) electrons. The van der Waals surface area contributed by atoms with E-state index in [0.29, 0.717) is 25.7 Å². The predicted octanol–water partition coefficient (Wildman–Crippen LogP) is 8.32. The number of piperidine rings is 2. The zero-order chi connectivity index (χ0) is 36.3. The third kappa shape index (κ3) is 8.03. The second-order valence-corrected chi connectivity index (χ2v) is 19.4. The standard InChI is InChI=1S/C40H68N2O5/c1-18-40(32(44)46-27-22-36(8,9)41(16)37(10,11)23-27,33(45)47-28-24-38(12,13)42(17)39(14,15)25-28)21-26-19-29(34(2,3)4)31(43)30(20-26)35(5,6)7/h19-20,27-28,43H,18,21-25H2,1-17H3. The van der Waals surface area contributed by atoms with Crippen molar-refractivity contribution < 1.29 is 24.2 Å². The number of likely N-dealkylation sites (tertiary alicyclic amines) is 2. The van der Waals surface area contributed by atoms with E-state index in [0.717, 1.165) is 16.7 Å². The van der Waals surface area contributed by atoms with Crippen molar-refractivity contribution in [3.05, 3.63) is 28.8 Å². The summed E-state index contributed by atoms with van der Waals surface area (Å²) in [4.78, 5) is 34.1. The molecule has 1 aromatic carbocycles. The smallest absolute Gasteiger partial charge is 0.324 e. The summed E-state index contributed by atoms with van der Waals surface area (Å²) in [6.45, 7) is 31.7. The molecule has 0 unspecified atom stereocenters. The average molecular weight is 657 g/mol. The molecule has 7 heteroatoms. The first-order valence-corrected chi connectivity index (χ1v) is 17.8. The number of rotatable bonds is 7. The molecule has 2 heterocycles. The fourth-order valence-corrected chi connectivity index (χ4v) is 8.18. The molecule has 1 aromatic rings. The van der Waals surface area contributed by atoms with E-state index in [1.54, 1.807) is 0 Å². The van der Waals surface area contributed by atoms with E-state index < -0.39 is 17.4 Å². The molecule has 0 saturated carbocycles. The Morgan fingerprint density at radius 1 is 0.702 bits per heavy atom. The Hall–Kier alpha value is -2.12. The van der Waals surface area contributed by atoms with Gasteiger partial charge in [0.15, 0.2) is 5.41 Å². The van der Waals surface area contributed by atoms with Crippen LogP contribution in [0.2, 0.25) is 0 Å². The number of nitrogens with zero attached hydrogens (tertiary/aromatic N) is 2. The van der Waals surface area contributed by atoms with Gasteiger partial charge in [0.2, 0.25) is 0 Å². The van der Waals surface area contributed by atoms with Gasteiger partial charge in [-0.3, -0.25) is 19.4 Å². The molecule has 2 aliphatic heterocycles. The number of carbonyl (C=O) groups is 2. The van der Waals surface area contributed by atoms with Crippen LogP contribution in [-0.4, -0.2) is 75.3 Å². The lowest BCUT2D eigenvalue weighted by atomic mass is 9.74. The lowest BCUT2D eigenvalue weighted by Gasteiger charge is -2.53. The first-order valence-electron chi connectivity index (χ1n) is 17.8. The van der Waals surface area contributed by atoms with Gasteiger partial charge in [0.25, 0.3) is 0 Å². The molecule has 0 spiro atoms. The number of aromatic hydroxyl groups is 1. The Morgan fingerprint density at radius 2 is 1.00 bits per heavy atom. The van der Waals surface area contributed by atoms with Crippen LogP contribution in [0.1, 0.15) is 153 Å². The topological polar surface area (TPSA) is 79.3 Å². The van der Waals surface area contributed by atoms with Gasteiger partial charge in [-0.25, -0.2) is 0 Å². The molecule has 2 aliphatic rings. The molecule has 3 rings (SSSR count). The van der Waals surface area contributed by atoms with Gasteiger partial charge >= 0.3 is 11.9 Å². The van der Waals surface area contributed by atoms with Crippen molar-refractivity contribution in [1.29, 1.82) is 0 Å². The zero-order valence-electron chi connectivity index (χ0n) is 33.0. The van der Waals surface area contributed by atoms with E-state index in [-0.39, 0.29) is 63.8 Å². The second-order valence-electron chi connectivity index (χ2n) is 19.4. The summed E-state index contributed by atoms with van der Waals surface area (Å²) < 4.78 is 12.9. The van der Waals surface area contributed by atoms with Crippen LogP contribution in [0.15, 0.2) is 12.1 Å². The largest absolute Gasteiger partial charge is 0.507 e. The van der Waals surface area contributed by atoms with Crippen LogP contribution in [0.5, 0.6) is 5.75 Å². The molecule has 1 N–H and O–H groups in total. The van der Waals surface area contributed by atoms with E-state index in [1.165, 1.54) is 0 Å². The van der Waals surface area contributed by atoms with E-state index in [2.05, 4.69) is 121 Å². The van der Waals surface area contributed by atoms with Gasteiger partial charge in [0.05, 0.1) is 0 Å². The number of phenolic OH excluding ortho intramolecular Hbond substituents is 1. The van der Waals surface area contributed by atoms with Gasteiger partial charge in [0.1, 0.15) is 18.0 Å². The third-order valence-electron chi connectivity index (χ3n) is 11.8. The number of benzene rings is 1. The van der Waals surface area contributed by atoms with Crippen molar-refractivity contribution in [1.82, 2.24) is 9.80 Å². The highest BCUT2D eigenvalue weighted by molar-refractivity contribution is 6.00. The van der Waals surface area contributed by atoms with Gasteiger partial charge in [0, 0.05) is 47.8 Å². The number of hydrogen-bond donors (Lipinski definition) is 1. The molecule has 0 bridgehead atoms. The van der Waals surface area contributed by atoms with E-state index in [4.69, 9.17) is 9.47 Å². The summed E-state index contributed by atoms with van der Waals surface area (Å²) in [6, 6.07) is 3.94. The Balaban J connectivity index is 2.14. The summed E-state index contributed by atoms with van der Waals surface area (Å²) in [5, 5.41) is 11.4. The Labute approximate surface area is 287 Å². The van der Waals surface area contributed by atoms with Crippen molar-refractivity contribution in [2.24, 2.45) is 5.41 Å². The molecular formula is C40H68N2O5. The molecule has 0 amide bonds. The molecule has 2 saturated heterocycles. The van der Waals surface area contributed by atoms with Gasteiger partial charge in [-0.1, -0.05) is 60.6 Å². The lowest BCUT2D eigenvalue weighted by molar-refractivity contribution is -0.188. The maximum absolute atomic E-state index is 14.7. The van der Waals surface area contributed by atoms with Crippen LogP contribution >= 0.6 is 0 Å². The van der Waals surface area contributed by atoms with Gasteiger partial charge in [-0.15, -0.1) is 0 Å². The lowest BCUT2D eigenvalue weighted by Crippen LogP contribution is -2.61. The second kappa shape index (κ2) is 12.6. The predicted molar refractivity (Wildman–Crippen MR) is 192 cm³/mol. The van der Waals surface area contributed by atoms with Crippen molar-refractivity contribution in [3.8, 4) is 5.75 Å². The Bertz CT molecular complexity index is 1200. The SMILES string of the molecule is CCC(Cc1cc(C(C)(C)C)c(O)c(C(C)(C)C)c1)(C(=O)OC1CC(C)(C)N(C)C(C)(C)C1)C(=O)OC1CC(C)(C)N(C)C(C)(C)C1. The van der Waals surface area contributed by atoms with Crippen LogP contribution in [0.3, 0.4) is 0 Å². The molecule has 268 valence electrons. The van der Waals surface area contributed by atoms with Gasteiger partial charge in [-0.2, -0.15) is 0 Å². The fraction of sp³-hybridized carbons (Fsp3) is 0.800. The van der Waals surface area contributed by atoms with Crippen molar-refractivity contribution in [2.75, 3.05) is 14.1 Å². The summed E-state index contributed by atoms with van der Waals surface area (Å²) in [5.74, 6) is -0.756. The monoisotopic (exact) mass is 657 g/mol. The number of phenols is 1. The van der Waals surface area contributed by atoms with E-state index >= 15 is 0 Å². The number of ether oxygens (including phenoxy) is 2. The van der Waals surface area contributed by atoms with Crippen LogP contribution in [0, 0.1) is 5.41 Å². The number of hydrogen-bond acceptors (Lipinski definition) is 7. The van der Waals surface area contributed by atoms with Crippen molar-refractivity contribution >= 4 is 11.9 Å². The van der Waals surface area contributed by atoms with E-state index in [9.17, 15) is 14.7 Å². The minimum absolute atomic E-state index is 0.131. The first-order chi connectivity index (χ1) is 21.0. The molecule has 47 heavy (non-hydrogen) atoms. The summed E-state index contributed by atoms with van der Waals surface area (Å²) in [5.41, 5.74) is -0.590.